The van der Waals surface area contributed by atoms with Gasteiger partial charge in [0, 0.05) is 5.39 Å². The van der Waals surface area contributed by atoms with Gasteiger partial charge in [-0.25, -0.2) is 0 Å². The third kappa shape index (κ3) is 4.59. The summed E-state index contributed by atoms with van der Waals surface area (Å²) < 4.78 is 5.71. The summed E-state index contributed by atoms with van der Waals surface area (Å²) in [6.07, 6.45) is 18.3. The molecule has 3 saturated carbocycles. The number of ether oxygens (including phenoxy) is 1. The molecule has 0 unspecified atom stereocenters. The maximum Gasteiger partial charge on any atom is 0.126 e. The monoisotopic (exact) mass is 526 g/mol. The maximum atomic E-state index is 5.71. The maximum absolute atomic E-state index is 5.71. The number of benzene rings is 2. The number of hydrogen-bond acceptors (Lipinski definition) is 1. The van der Waals surface area contributed by atoms with Crippen LogP contribution in [-0.4, -0.2) is 7.11 Å². The van der Waals surface area contributed by atoms with Gasteiger partial charge < -0.3 is 4.74 Å². The summed E-state index contributed by atoms with van der Waals surface area (Å²) in [6.45, 7) is 12.8. The second-order valence-electron chi connectivity index (χ2n) is 15.1. The summed E-state index contributed by atoms with van der Waals surface area (Å²) in [4.78, 5) is 0. The van der Waals surface area contributed by atoms with Crippen molar-refractivity contribution in [2.45, 2.75) is 111 Å². The molecule has 0 heterocycles. The van der Waals surface area contributed by atoms with Crippen LogP contribution in [0.15, 0.2) is 48.0 Å². The van der Waals surface area contributed by atoms with Crippen molar-refractivity contribution in [1.29, 1.82) is 0 Å². The van der Waals surface area contributed by atoms with E-state index in [1.54, 1.807) is 12.7 Å². The van der Waals surface area contributed by atoms with E-state index in [9.17, 15) is 0 Å². The van der Waals surface area contributed by atoms with Crippen molar-refractivity contribution >= 4 is 10.8 Å². The van der Waals surface area contributed by atoms with Gasteiger partial charge in [-0.15, -0.1) is 0 Å². The van der Waals surface area contributed by atoms with Crippen molar-refractivity contribution < 1.29 is 4.74 Å². The minimum Gasteiger partial charge on any atom is -0.496 e. The predicted molar refractivity (Wildman–Crippen MR) is 166 cm³/mol. The number of rotatable bonds is 7. The molecular formula is C38H54O. The van der Waals surface area contributed by atoms with E-state index in [2.05, 4.69) is 77.1 Å². The Kier molecular flexibility index (Phi) is 7.43. The van der Waals surface area contributed by atoms with Crippen LogP contribution in [0.3, 0.4) is 0 Å². The molecule has 4 aliphatic rings. The van der Waals surface area contributed by atoms with Crippen molar-refractivity contribution in [2.75, 3.05) is 7.11 Å². The zero-order valence-corrected chi connectivity index (χ0v) is 25.8. The van der Waals surface area contributed by atoms with Crippen molar-refractivity contribution in [3.8, 4) is 5.75 Å². The van der Waals surface area contributed by atoms with Crippen LogP contribution in [0.1, 0.15) is 117 Å². The van der Waals surface area contributed by atoms with E-state index in [0.29, 0.717) is 16.7 Å². The van der Waals surface area contributed by atoms with E-state index in [-0.39, 0.29) is 0 Å². The van der Waals surface area contributed by atoms with Crippen molar-refractivity contribution in [3.63, 3.8) is 0 Å². The molecule has 0 N–H and O–H groups in total. The van der Waals surface area contributed by atoms with Gasteiger partial charge in [-0.05, 0) is 121 Å². The second kappa shape index (κ2) is 10.6. The summed E-state index contributed by atoms with van der Waals surface area (Å²) in [5.41, 5.74) is 4.35. The van der Waals surface area contributed by atoms with Gasteiger partial charge in [0.1, 0.15) is 5.75 Å². The Morgan fingerprint density at radius 3 is 2.44 bits per heavy atom. The van der Waals surface area contributed by atoms with Crippen LogP contribution in [0.4, 0.5) is 0 Å². The van der Waals surface area contributed by atoms with Gasteiger partial charge in [0.15, 0.2) is 0 Å². The molecule has 2 aromatic carbocycles. The van der Waals surface area contributed by atoms with Crippen LogP contribution in [0.5, 0.6) is 5.75 Å². The van der Waals surface area contributed by atoms with Crippen molar-refractivity contribution in [2.24, 2.45) is 46.3 Å². The van der Waals surface area contributed by atoms with Gasteiger partial charge in [0.2, 0.25) is 0 Å². The lowest BCUT2D eigenvalue weighted by atomic mass is 9.46. The topological polar surface area (TPSA) is 9.23 Å². The highest BCUT2D eigenvalue weighted by Gasteiger charge is 2.59. The molecule has 212 valence electrons. The normalized spacial score (nSPS) is 36.7. The molecule has 4 aliphatic carbocycles. The first kappa shape index (κ1) is 27.4. The van der Waals surface area contributed by atoms with Gasteiger partial charge in [-0.2, -0.15) is 0 Å². The molecule has 0 bridgehead atoms. The van der Waals surface area contributed by atoms with Gasteiger partial charge >= 0.3 is 0 Å². The number of allylic oxidation sites excluding steroid dienone is 2. The van der Waals surface area contributed by atoms with Crippen LogP contribution in [0, 0.1) is 46.3 Å². The average Bonchev–Trinajstić information content (AvgIpc) is 3.29. The third-order valence-electron chi connectivity index (χ3n) is 12.9. The van der Waals surface area contributed by atoms with Crippen LogP contribution < -0.4 is 4.74 Å². The highest BCUT2D eigenvalue weighted by molar-refractivity contribution is 5.91. The van der Waals surface area contributed by atoms with Gasteiger partial charge in [0.25, 0.3) is 0 Å². The molecule has 0 radical (unpaired) electrons. The Morgan fingerprint density at radius 2 is 1.67 bits per heavy atom. The Labute approximate surface area is 239 Å². The number of methoxy groups -OCH3 is 1. The number of hydrogen-bond donors (Lipinski definition) is 0. The zero-order valence-electron chi connectivity index (χ0n) is 25.8. The fourth-order valence-electron chi connectivity index (χ4n) is 10.8. The molecule has 0 saturated heterocycles. The highest BCUT2D eigenvalue weighted by Crippen LogP contribution is 2.68. The lowest BCUT2D eigenvalue weighted by molar-refractivity contribution is -0.0510. The molecule has 0 aromatic heterocycles. The minimum absolute atomic E-state index is 0.421. The summed E-state index contributed by atoms with van der Waals surface area (Å²) in [7, 11) is 1.80. The molecule has 0 aliphatic heterocycles. The van der Waals surface area contributed by atoms with E-state index < -0.39 is 0 Å². The Bertz CT molecular complexity index is 1210. The average molecular weight is 527 g/mol. The van der Waals surface area contributed by atoms with E-state index >= 15 is 0 Å². The fourth-order valence-corrected chi connectivity index (χ4v) is 10.8. The van der Waals surface area contributed by atoms with E-state index in [0.717, 1.165) is 41.3 Å². The largest absolute Gasteiger partial charge is 0.496 e. The summed E-state index contributed by atoms with van der Waals surface area (Å²) >= 11 is 0. The van der Waals surface area contributed by atoms with Crippen LogP contribution >= 0.6 is 0 Å². The lowest BCUT2D eigenvalue weighted by Crippen LogP contribution is -2.50. The van der Waals surface area contributed by atoms with Crippen molar-refractivity contribution in [1.82, 2.24) is 0 Å². The standard InChI is InChI=1S/C38H54O/c1-25(2)10-9-11-26(3)33-17-18-34-32-15-14-28-24-27(20-22-37(28,4)35(32)21-23-38(33,34)5)29-16-19-36(39-6)31-13-8-7-12-30(29)31/h7-8,12-14,16,19,25-27,32-35H,9-11,15,17-18,20-24H2,1-6H3/t26-,27+,32+,33-,34+,35+,37+,38-/m1/s1. The zero-order chi connectivity index (χ0) is 27.4. The first-order valence-corrected chi connectivity index (χ1v) is 16.5. The van der Waals surface area contributed by atoms with Crippen LogP contribution in [0.25, 0.3) is 10.8 Å². The molecule has 1 nitrogen and oxygen atoms in total. The van der Waals surface area contributed by atoms with Gasteiger partial charge in [-0.1, -0.05) is 95.9 Å². The number of fused-ring (bicyclic) bond motifs is 6. The van der Waals surface area contributed by atoms with Crippen LogP contribution in [-0.2, 0) is 0 Å². The molecule has 39 heavy (non-hydrogen) atoms. The van der Waals surface area contributed by atoms with E-state index in [1.165, 1.54) is 87.0 Å². The molecule has 0 amide bonds. The SMILES string of the molecule is COc1ccc([C@H]2CC[C@@]3(C)C(=CC[C@H]4[C@@H]5CC[C@H]([C@H](C)CCCC(C)C)[C@@]5(C)CC[C@@H]43)C2)c2ccccc12. The fraction of sp³-hybridized carbons (Fsp3) is 0.684. The third-order valence-corrected chi connectivity index (χ3v) is 12.9. The smallest absolute Gasteiger partial charge is 0.126 e. The van der Waals surface area contributed by atoms with E-state index in [4.69, 9.17) is 4.74 Å². The molecule has 8 atom stereocenters. The molecular weight excluding hydrogens is 472 g/mol. The molecule has 3 fully saturated rings. The molecule has 2 aromatic rings. The van der Waals surface area contributed by atoms with Crippen LogP contribution in [0.2, 0.25) is 0 Å². The Balaban J connectivity index is 1.21. The Morgan fingerprint density at radius 1 is 0.872 bits per heavy atom. The lowest BCUT2D eigenvalue weighted by Gasteiger charge is -2.58. The first-order chi connectivity index (χ1) is 18.8. The first-order valence-electron chi connectivity index (χ1n) is 16.5. The minimum atomic E-state index is 0.421. The molecule has 0 spiro atoms. The highest BCUT2D eigenvalue weighted by atomic mass is 16.5. The second-order valence-corrected chi connectivity index (χ2v) is 15.1. The van der Waals surface area contributed by atoms with Gasteiger partial charge in [0.05, 0.1) is 7.11 Å². The summed E-state index contributed by atoms with van der Waals surface area (Å²) in [6, 6.07) is 13.5. The predicted octanol–water partition coefficient (Wildman–Crippen LogP) is 11.0. The summed E-state index contributed by atoms with van der Waals surface area (Å²) in [5.74, 6) is 7.11. The molecule has 1 heteroatoms. The Hall–Kier alpha value is -1.76. The quantitative estimate of drug-likeness (QED) is 0.326. The van der Waals surface area contributed by atoms with E-state index in [1.807, 2.05) is 0 Å². The van der Waals surface area contributed by atoms with Gasteiger partial charge in [-0.3, -0.25) is 0 Å². The molecule has 6 rings (SSSR count). The summed E-state index contributed by atoms with van der Waals surface area (Å²) in [5, 5.41) is 2.66. The van der Waals surface area contributed by atoms with Crippen molar-refractivity contribution in [3.05, 3.63) is 53.6 Å².